The van der Waals surface area contributed by atoms with E-state index in [0.717, 1.165) is 4.79 Å². The van der Waals surface area contributed by atoms with Gasteiger partial charge < -0.3 is 0 Å². The molecule has 0 aromatic heterocycles. The first kappa shape index (κ1) is 16.0. The molecule has 2 aromatic carbocycles. The SMILES string of the molecule is C[Si](C)(C)C1[Si](C)(C)c2ccccc2[Si]1(C)c1ccccc1. The molecule has 2 unspecified atom stereocenters. The van der Waals surface area contributed by atoms with Gasteiger partial charge in [-0.05, 0) is 4.79 Å². The minimum atomic E-state index is -1.66. The molecule has 0 fully saturated rings. The van der Waals surface area contributed by atoms with Gasteiger partial charge in [-0.2, -0.15) is 0 Å². The molecule has 0 aliphatic carbocycles. The lowest BCUT2D eigenvalue weighted by Crippen LogP contribution is -2.64. The van der Waals surface area contributed by atoms with Crippen molar-refractivity contribution in [2.24, 2.45) is 0 Å². The van der Waals surface area contributed by atoms with Gasteiger partial charge in [0.05, 0.1) is 8.07 Å². The van der Waals surface area contributed by atoms with Crippen LogP contribution in [0.1, 0.15) is 0 Å². The van der Waals surface area contributed by atoms with Crippen LogP contribution < -0.4 is 15.6 Å². The molecule has 2 atom stereocenters. The van der Waals surface area contributed by atoms with Crippen LogP contribution in [0.4, 0.5) is 0 Å². The second-order valence-corrected chi connectivity index (χ2v) is 24.3. The Morgan fingerprint density at radius 1 is 0.727 bits per heavy atom. The topological polar surface area (TPSA) is 0 Å². The summed E-state index contributed by atoms with van der Waals surface area (Å²) in [7, 11) is -4.33. The predicted molar refractivity (Wildman–Crippen MR) is 108 cm³/mol. The third-order valence-corrected chi connectivity index (χ3v) is 28.2. The van der Waals surface area contributed by atoms with E-state index in [4.69, 9.17) is 0 Å². The third kappa shape index (κ3) is 2.14. The normalized spacial score (nSPS) is 26.7. The molecule has 0 nitrogen and oxygen atoms in total. The van der Waals surface area contributed by atoms with Crippen molar-refractivity contribution in [3.63, 3.8) is 0 Å². The number of fused-ring (bicyclic) bond motifs is 1. The van der Waals surface area contributed by atoms with E-state index in [0.29, 0.717) is 0 Å². The van der Waals surface area contributed by atoms with Gasteiger partial charge in [-0.25, -0.2) is 0 Å². The van der Waals surface area contributed by atoms with Crippen LogP contribution in [0.2, 0.25) is 44.1 Å². The first-order chi connectivity index (χ1) is 10.2. The minimum absolute atomic E-state index is 0.965. The number of hydrogen-bond acceptors (Lipinski definition) is 0. The summed E-state index contributed by atoms with van der Waals surface area (Å²) in [5.74, 6) is 0. The van der Waals surface area contributed by atoms with E-state index in [1.807, 2.05) is 0 Å². The highest BCUT2D eigenvalue weighted by atomic mass is 28.5. The maximum atomic E-state index is 2.66. The van der Waals surface area contributed by atoms with Gasteiger partial charge >= 0.3 is 0 Å². The lowest BCUT2D eigenvalue weighted by molar-refractivity contribution is 1.41. The summed E-state index contributed by atoms with van der Waals surface area (Å²) >= 11 is 0. The van der Waals surface area contributed by atoms with Gasteiger partial charge in [0.15, 0.2) is 0 Å². The van der Waals surface area contributed by atoms with Crippen molar-refractivity contribution < 1.29 is 0 Å². The number of benzene rings is 2. The zero-order valence-electron chi connectivity index (χ0n) is 14.8. The summed E-state index contributed by atoms with van der Waals surface area (Å²) in [6.07, 6.45) is 0. The summed E-state index contributed by atoms with van der Waals surface area (Å²) in [5, 5.41) is 5.14. The second-order valence-electron chi connectivity index (χ2n) is 8.63. The van der Waals surface area contributed by atoms with E-state index in [9.17, 15) is 0 Å². The zero-order chi connectivity index (χ0) is 16.2. The molecular weight excluding hydrogens is 312 g/mol. The number of hydrogen-bond donors (Lipinski definition) is 0. The van der Waals surface area contributed by atoms with Gasteiger partial charge in [-0.1, -0.05) is 109 Å². The van der Waals surface area contributed by atoms with Crippen molar-refractivity contribution in [1.82, 2.24) is 0 Å². The van der Waals surface area contributed by atoms with E-state index in [-0.39, 0.29) is 0 Å². The molecule has 3 rings (SSSR count). The highest BCUT2D eigenvalue weighted by molar-refractivity contribution is 7.29. The smallest absolute Gasteiger partial charge is 0.0697 e. The molecule has 0 saturated heterocycles. The molecule has 116 valence electrons. The Morgan fingerprint density at radius 3 is 1.77 bits per heavy atom. The largest absolute Gasteiger partial charge is 0.113 e. The fourth-order valence-corrected chi connectivity index (χ4v) is 36.1. The fourth-order valence-electron chi connectivity index (χ4n) is 5.59. The summed E-state index contributed by atoms with van der Waals surface area (Å²) in [5.41, 5.74) is 0. The van der Waals surface area contributed by atoms with Gasteiger partial charge in [0, 0.05) is 8.07 Å². The lowest BCUT2D eigenvalue weighted by atomic mass is 10.4. The van der Waals surface area contributed by atoms with E-state index in [1.165, 1.54) is 0 Å². The Labute approximate surface area is 138 Å². The molecule has 0 saturated carbocycles. The van der Waals surface area contributed by atoms with Gasteiger partial charge in [-0.3, -0.25) is 0 Å². The monoisotopic (exact) mass is 340 g/mol. The molecule has 22 heavy (non-hydrogen) atoms. The van der Waals surface area contributed by atoms with E-state index < -0.39 is 24.2 Å². The van der Waals surface area contributed by atoms with Crippen LogP contribution in [0.15, 0.2) is 54.6 Å². The molecule has 0 N–H and O–H groups in total. The molecule has 3 heteroatoms. The van der Waals surface area contributed by atoms with Crippen LogP contribution in [0, 0.1) is 0 Å². The molecule has 1 aliphatic heterocycles. The van der Waals surface area contributed by atoms with Crippen molar-refractivity contribution in [3.8, 4) is 0 Å². The maximum Gasteiger partial charge on any atom is 0.113 e. The van der Waals surface area contributed by atoms with Crippen molar-refractivity contribution in [3.05, 3.63) is 54.6 Å². The van der Waals surface area contributed by atoms with Crippen LogP contribution in [0.3, 0.4) is 0 Å². The van der Waals surface area contributed by atoms with Crippen LogP contribution in [0.5, 0.6) is 0 Å². The van der Waals surface area contributed by atoms with Gasteiger partial charge in [0.1, 0.15) is 8.07 Å². The molecule has 0 spiro atoms. The summed E-state index contributed by atoms with van der Waals surface area (Å²) < 4.78 is 0. The third-order valence-electron chi connectivity index (χ3n) is 5.72. The lowest BCUT2D eigenvalue weighted by Gasteiger charge is -2.44. The fraction of sp³-hybridized carbons (Fsp3) is 0.368. The van der Waals surface area contributed by atoms with E-state index in [1.54, 1.807) is 15.6 Å². The first-order valence-electron chi connectivity index (χ1n) is 8.35. The minimum Gasteiger partial charge on any atom is -0.0697 e. The van der Waals surface area contributed by atoms with E-state index in [2.05, 4.69) is 93.9 Å². The average molecular weight is 341 g/mol. The zero-order valence-corrected chi connectivity index (χ0v) is 17.8. The Balaban J connectivity index is 2.35. The van der Waals surface area contributed by atoms with Crippen molar-refractivity contribution in [2.45, 2.75) is 44.1 Å². The Bertz CT molecular complexity index is 685. The van der Waals surface area contributed by atoms with Gasteiger partial charge in [0.2, 0.25) is 0 Å². The van der Waals surface area contributed by atoms with Crippen molar-refractivity contribution >= 4 is 39.8 Å². The van der Waals surface area contributed by atoms with E-state index >= 15 is 0 Å². The van der Waals surface area contributed by atoms with Crippen LogP contribution in [-0.4, -0.2) is 24.2 Å². The van der Waals surface area contributed by atoms with Gasteiger partial charge in [-0.15, -0.1) is 0 Å². The summed E-state index contributed by atoms with van der Waals surface area (Å²) in [6, 6.07) is 20.9. The quantitative estimate of drug-likeness (QED) is 0.733. The molecular formula is C19H28Si3. The van der Waals surface area contributed by atoms with Crippen LogP contribution in [-0.2, 0) is 0 Å². The summed E-state index contributed by atoms with van der Waals surface area (Å²) in [6.45, 7) is 15.7. The molecule has 2 aromatic rings. The van der Waals surface area contributed by atoms with Crippen LogP contribution in [0.25, 0.3) is 0 Å². The summed E-state index contributed by atoms with van der Waals surface area (Å²) in [4.78, 5) is 0.965. The second kappa shape index (κ2) is 5.05. The highest BCUT2D eigenvalue weighted by Crippen LogP contribution is 2.43. The maximum absolute atomic E-state index is 2.66. The van der Waals surface area contributed by atoms with Gasteiger partial charge in [0.25, 0.3) is 0 Å². The average Bonchev–Trinajstić information content (AvgIpc) is 2.65. The predicted octanol–water partition coefficient (Wildman–Crippen LogP) is 3.60. The molecule has 0 radical (unpaired) electrons. The Kier molecular flexibility index (Phi) is 3.66. The Hall–Kier alpha value is -0.909. The highest BCUT2D eigenvalue weighted by Gasteiger charge is 2.60. The first-order valence-corrected chi connectivity index (χ1v) is 17.6. The molecule has 0 amide bonds. The molecule has 1 aliphatic rings. The van der Waals surface area contributed by atoms with Crippen LogP contribution >= 0.6 is 0 Å². The number of rotatable bonds is 2. The molecule has 1 heterocycles. The Morgan fingerprint density at radius 2 is 1.23 bits per heavy atom. The van der Waals surface area contributed by atoms with Crippen molar-refractivity contribution in [1.29, 1.82) is 0 Å². The molecule has 0 bridgehead atoms. The standard InChI is InChI=1S/C19H28Si3/c1-20(2,3)19-21(4,5)17-14-10-11-15-18(17)22(19,6)16-12-8-7-9-13-16/h7-15,19H,1-6H3. The van der Waals surface area contributed by atoms with Crippen molar-refractivity contribution in [2.75, 3.05) is 0 Å².